The quantitative estimate of drug-likeness (QED) is 0.562. The fraction of sp³-hybridized carbons (Fsp3) is 0.480. The van der Waals surface area contributed by atoms with Crippen molar-refractivity contribution in [2.24, 2.45) is 11.5 Å². The molecule has 0 saturated carbocycles. The Morgan fingerprint density at radius 1 is 0.933 bits per heavy atom. The number of rotatable bonds is 2. The summed E-state index contributed by atoms with van der Waals surface area (Å²) in [5.74, 6) is 0. The smallest absolute Gasteiger partial charge is 0.207 e. The molecule has 4 rings (SSSR count). The molecule has 0 fully saturated rings. The summed E-state index contributed by atoms with van der Waals surface area (Å²) in [6, 6.07) is 17.3. The first-order valence-corrected chi connectivity index (χ1v) is 10.9. The van der Waals surface area contributed by atoms with Gasteiger partial charge in [0.05, 0.1) is 0 Å². The number of carbonyl (C=O) groups is 1. The van der Waals surface area contributed by atoms with Crippen LogP contribution in [-0.2, 0) is 23.1 Å². The van der Waals surface area contributed by atoms with Gasteiger partial charge in [0.25, 0.3) is 0 Å². The molecule has 30 heavy (non-hydrogen) atoms. The van der Waals surface area contributed by atoms with Crippen molar-refractivity contribution in [3.05, 3.63) is 65.2 Å². The maximum atomic E-state index is 10.2. The summed E-state index contributed by atoms with van der Waals surface area (Å²) in [5.41, 5.74) is 14.9. The van der Waals surface area contributed by atoms with Gasteiger partial charge in [0.15, 0.2) is 0 Å². The Balaban J connectivity index is 0.000000450. The minimum Gasteiger partial charge on any atom is -0.385 e. The number of amides is 1. The van der Waals surface area contributed by atoms with Crippen LogP contribution in [0.15, 0.2) is 48.5 Å². The SMILES string of the molecule is CC.CC1(C)CCNc2ccccc21.CN.CN.O=CNC1Cc2ccccc2C1. The molecule has 0 radical (unpaired) electrons. The molecule has 0 saturated heterocycles. The predicted molar refractivity (Wildman–Crippen MR) is 131 cm³/mol. The van der Waals surface area contributed by atoms with Crippen LogP contribution >= 0.6 is 0 Å². The molecule has 1 amide bonds. The second-order valence-electron chi connectivity index (χ2n) is 7.26. The molecule has 0 spiro atoms. The highest BCUT2D eigenvalue weighted by atomic mass is 16.1. The molecule has 0 unspecified atom stereocenters. The number of para-hydroxylation sites is 1. The highest BCUT2D eigenvalue weighted by molar-refractivity contribution is 5.56. The zero-order chi connectivity index (χ0) is 23.0. The van der Waals surface area contributed by atoms with E-state index in [0.717, 1.165) is 25.8 Å². The number of benzene rings is 2. The Morgan fingerprint density at radius 3 is 1.93 bits per heavy atom. The lowest BCUT2D eigenvalue weighted by Crippen LogP contribution is -2.27. The number of anilines is 1. The van der Waals surface area contributed by atoms with Gasteiger partial charge in [-0.1, -0.05) is 70.2 Å². The van der Waals surface area contributed by atoms with Crippen LogP contribution in [0.25, 0.3) is 0 Å². The van der Waals surface area contributed by atoms with E-state index in [0.29, 0.717) is 11.5 Å². The molecular weight excluding hydrogens is 372 g/mol. The van der Waals surface area contributed by atoms with E-state index in [1.807, 2.05) is 26.0 Å². The van der Waals surface area contributed by atoms with Crippen molar-refractivity contribution in [1.82, 2.24) is 5.32 Å². The number of nitrogens with one attached hydrogen (secondary N) is 2. The molecule has 5 heteroatoms. The number of nitrogens with two attached hydrogens (primary N) is 2. The second-order valence-corrected chi connectivity index (χ2v) is 7.26. The first-order valence-electron chi connectivity index (χ1n) is 10.9. The zero-order valence-corrected chi connectivity index (χ0v) is 19.7. The van der Waals surface area contributed by atoms with Crippen LogP contribution in [0.5, 0.6) is 0 Å². The maximum absolute atomic E-state index is 10.2. The molecule has 1 aliphatic carbocycles. The third-order valence-corrected chi connectivity index (χ3v) is 5.08. The Labute approximate surface area is 183 Å². The molecule has 168 valence electrons. The second kappa shape index (κ2) is 15.5. The lowest BCUT2D eigenvalue weighted by atomic mass is 9.78. The molecule has 5 nitrogen and oxygen atoms in total. The van der Waals surface area contributed by atoms with Gasteiger partial charge in [0.1, 0.15) is 0 Å². The van der Waals surface area contributed by atoms with Gasteiger partial charge in [-0.15, -0.1) is 0 Å². The normalized spacial score (nSPS) is 14.7. The van der Waals surface area contributed by atoms with E-state index >= 15 is 0 Å². The van der Waals surface area contributed by atoms with Crippen molar-refractivity contribution in [3.63, 3.8) is 0 Å². The monoisotopic (exact) mass is 414 g/mol. The Hall–Kier alpha value is -2.37. The van der Waals surface area contributed by atoms with Crippen LogP contribution in [0.3, 0.4) is 0 Å². The van der Waals surface area contributed by atoms with Crippen LogP contribution < -0.4 is 22.1 Å². The molecule has 1 aliphatic heterocycles. The van der Waals surface area contributed by atoms with E-state index in [2.05, 4.69) is 72.3 Å². The van der Waals surface area contributed by atoms with Gasteiger partial charge in [-0.3, -0.25) is 4.79 Å². The molecular formula is C25H42N4O. The lowest BCUT2D eigenvalue weighted by Gasteiger charge is -2.33. The van der Waals surface area contributed by atoms with Crippen LogP contribution in [0, 0.1) is 0 Å². The van der Waals surface area contributed by atoms with Gasteiger partial charge in [-0.25, -0.2) is 0 Å². The minimum atomic E-state index is 0.319. The van der Waals surface area contributed by atoms with E-state index in [-0.39, 0.29) is 0 Å². The van der Waals surface area contributed by atoms with Gasteiger partial charge in [0.2, 0.25) is 6.41 Å². The molecule has 0 aromatic heterocycles. The molecule has 6 N–H and O–H groups in total. The molecule has 0 bridgehead atoms. The first-order chi connectivity index (χ1) is 14.6. The average Bonchev–Trinajstić information content (AvgIpc) is 3.21. The van der Waals surface area contributed by atoms with Crippen LogP contribution in [-0.4, -0.2) is 33.1 Å². The Kier molecular flexibility index (Phi) is 14.2. The number of carbonyl (C=O) groups excluding carboxylic acids is 1. The number of hydrogen-bond donors (Lipinski definition) is 4. The van der Waals surface area contributed by atoms with E-state index in [4.69, 9.17) is 0 Å². The van der Waals surface area contributed by atoms with E-state index in [9.17, 15) is 4.79 Å². The third-order valence-electron chi connectivity index (χ3n) is 5.08. The van der Waals surface area contributed by atoms with Crippen LogP contribution in [0.1, 0.15) is 50.8 Å². The Bertz CT molecular complexity index is 691. The van der Waals surface area contributed by atoms with Gasteiger partial charge < -0.3 is 22.1 Å². The van der Waals surface area contributed by atoms with E-state index in [1.165, 1.54) is 42.9 Å². The minimum absolute atomic E-state index is 0.319. The summed E-state index contributed by atoms with van der Waals surface area (Å²) in [4.78, 5) is 10.2. The summed E-state index contributed by atoms with van der Waals surface area (Å²) >= 11 is 0. The van der Waals surface area contributed by atoms with Crippen LogP contribution in [0.2, 0.25) is 0 Å². The largest absolute Gasteiger partial charge is 0.385 e. The van der Waals surface area contributed by atoms with Crippen molar-refractivity contribution < 1.29 is 4.79 Å². The van der Waals surface area contributed by atoms with Crippen molar-refractivity contribution >= 4 is 12.1 Å². The van der Waals surface area contributed by atoms with Gasteiger partial charge in [-0.2, -0.15) is 0 Å². The molecule has 1 heterocycles. The summed E-state index contributed by atoms with van der Waals surface area (Å²) in [7, 11) is 3.00. The summed E-state index contributed by atoms with van der Waals surface area (Å²) in [6.07, 6.45) is 3.98. The lowest BCUT2D eigenvalue weighted by molar-refractivity contribution is -0.110. The number of fused-ring (bicyclic) bond motifs is 2. The Morgan fingerprint density at radius 2 is 1.43 bits per heavy atom. The van der Waals surface area contributed by atoms with Gasteiger partial charge >= 0.3 is 0 Å². The fourth-order valence-electron chi connectivity index (χ4n) is 3.64. The summed E-state index contributed by atoms with van der Waals surface area (Å²) in [6.45, 7) is 9.73. The maximum Gasteiger partial charge on any atom is 0.207 e. The number of hydrogen-bond acceptors (Lipinski definition) is 4. The van der Waals surface area contributed by atoms with Gasteiger partial charge in [0, 0.05) is 18.3 Å². The molecule has 0 atom stereocenters. The predicted octanol–water partition coefficient (Wildman–Crippen LogP) is 3.86. The summed E-state index contributed by atoms with van der Waals surface area (Å²) in [5, 5.41) is 6.23. The van der Waals surface area contributed by atoms with E-state index < -0.39 is 0 Å². The molecule has 2 aromatic carbocycles. The van der Waals surface area contributed by atoms with Crippen molar-refractivity contribution in [2.45, 2.75) is 58.4 Å². The highest BCUT2D eigenvalue weighted by Crippen LogP contribution is 2.35. The van der Waals surface area contributed by atoms with E-state index in [1.54, 1.807) is 0 Å². The van der Waals surface area contributed by atoms with Crippen molar-refractivity contribution in [1.29, 1.82) is 0 Å². The van der Waals surface area contributed by atoms with Crippen molar-refractivity contribution in [2.75, 3.05) is 26.0 Å². The van der Waals surface area contributed by atoms with Gasteiger partial charge in [-0.05, 0) is 61.5 Å². The average molecular weight is 415 g/mol. The molecule has 2 aliphatic rings. The zero-order valence-electron chi connectivity index (χ0n) is 19.7. The third kappa shape index (κ3) is 8.17. The van der Waals surface area contributed by atoms with Crippen LogP contribution in [0.4, 0.5) is 5.69 Å². The summed E-state index contributed by atoms with van der Waals surface area (Å²) < 4.78 is 0. The fourth-order valence-corrected chi connectivity index (χ4v) is 3.64. The molecule has 2 aromatic rings. The topological polar surface area (TPSA) is 93.2 Å². The first kappa shape index (κ1) is 27.6. The highest BCUT2D eigenvalue weighted by Gasteiger charge is 2.26. The van der Waals surface area contributed by atoms with Crippen molar-refractivity contribution in [3.8, 4) is 0 Å². The standard InChI is InChI=1S/C11H15N.C10H11NO.C2H6.2CH5N/c1-11(2)7-8-12-10-6-4-3-5-9(10)11;12-7-11-10-5-8-3-1-2-4-9(8)6-10;3*1-2/h3-6,12H,7-8H2,1-2H3;1-4,7,10H,5-6H2,(H,11,12);1-2H3;2*2H2,1H3.